The molecule has 0 heterocycles. The van der Waals surface area contributed by atoms with Crippen LogP contribution in [0.4, 0.5) is 0 Å². The molecule has 4 aromatic carbocycles. The molecule has 0 atom stereocenters. The third-order valence-electron chi connectivity index (χ3n) is 4.34. The van der Waals surface area contributed by atoms with Crippen molar-refractivity contribution in [2.75, 3.05) is 0 Å². The van der Waals surface area contributed by atoms with Crippen LogP contribution in [-0.4, -0.2) is 0 Å². The lowest BCUT2D eigenvalue weighted by molar-refractivity contribution is 1.52. The SMILES string of the molecule is Cc1cccc2c(-c3[c]cccc3)c(-c3ccccc3)ccc12. The van der Waals surface area contributed by atoms with Crippen molar-refractivity contribution in [3.63, 3.8) is 0 Å². The molecular weight excluding hydrogens is 276 g/mol. The quantitative estimate of drug-likeness (QED) is 0.408. The van der Waals surface area contributed by atoms with Crippen molar-refractivity contribution in [2.24, 2.45) is 0 Å². The van der Waals surface area contributed by atoms with Crippen LogP contribution in [0.3, 0.4) is 0 Å². The zero-order valence-electron chi connectivity index (χ0n) is 13.1. The molecule has 0 aliphatic carbocycles. The number of fused-ring (bicyclic) bond motifs is 1. The van der Waals surface area contributed by atoms with Crippen LogP contribution in [-0.2, 0) is 0 Å². The highest BCUT2D eigenvalue weighted by atomic mass is 14.2. The maximum Gasteiger partial charge on any atom is -0.00205 e. The Bertz CT molecular complexity index is 951. The molecular formula is C23H17. The van der Waals surface area contributed by atoms with Gasteiger partial charge in [-0.2, -0.15) is 0 Å². The second kappa shape index (κ2) is 5.73. The number of hydrogen-bond donors (Lipinski definition) is 0. The summed E-state index contributed by atoms with van der Waals surface area (Å²) >= 11 is 0. The van der Waals surface area contributed by atoms with E-state index in [1.54, 1.807) is 0 Å². The molecule has 0 aliphatic heterocycles. The monoisotopic (exact) mass is 293 g/mol. The van der Waals surface area contributed by atoms with Gasteiger partial charge in [-0.3, -0.25) is 0 Å². The van der Waals surface area contributed by atoms with Crippen molar-refractivity contribution >= 4 is 10.8 Å². The van der Waals surface area contributed by atoms with Gasteiger partial charge in [0.1, 0.15) is 0 Å². The van der Waals surface area contributed by atoms with Crippen LogP contribution in [0.2, 0.25) is 0 Å². The molecule has 0 unspecified atom stereocenters. The Morgan fingerprint density at radius 1 is 0.652 bits per heavy atom. The summed E-state index contributed by atoms with van der Waals surface area (Å²) in [5.74, 6) is 0. The van der Waals surface area contributed by atoms with Crippen molar-refractivity contribution in [1.82, 2.24) is 0 Å². The minimum atomic E-state index is 1.14. The minimum absolute atomic E-state index is 1.14. The highest BCUT2D eigenvalue weighted by molar-refractivity contribution is 6.05. The van der Waals surface area contributed by atoms with Gasteiger partial charge in [-0.15, -0.1) is 0 Å². The van der Waals surface area contributed by atoms with Gasteiger partial charge in [-0.1, -0.05) is 84.9 Å². The molecule has 0 amide bonds. The van der Waals surface area contributed by atoms with Crippen molar-refractivity contribution in [2.45, 2.75) is 6.92 Å². The summed E-state index contributed by atoms with van der Waals surface area (Å²) in [6.07, 6.45) is 0. The molecule has 23 heavy (non-hydrogen) atoms. The van der Waals surface area contributed by atoms with E-state index in [0.717, 1.165) is 5.56 Å². The Hall–Kier alpha value is -2.86. The Labute approximate surface area is 137 Å². The first-order valence-corrected chi connectivity index (χ1v) is 7.89. The third-order valence-corrected chi connectivity index (χ3v) is 4.34. The van der Waals surface area contributed by atoms with Crippen LogP contribution < -0.4 is 0 Å². The standard InChI is InChI=1S/C23H17/c1-17-9-8-14-22-20(17)15-16-21(18-10-4-2-5-11-18)23(22)19-12-6-3-7-13-19/h2-12,14-16H,1H3. The van der Waals surface area contributed by atoms with Gasteiger partial charge < -0.3 is 0 Å². The molecule has 0 saturated heterocycles. The normalized spacial score (nSPS) is 10.8. The van der Waals surface area contributed by atoms with Crippen LogP contribution in [0.5, 0.6) is 0 Å². The summed E-state index contributed by atoms with van der Waals surface area (Å²) < 4.78 is 0. The summed E-state index contributed by atoms with van der Waals surface area (Å²) in [7, 11) is 0. The van der Waals surface area contributed by atoms with Gasteiger partial charge in [0.2, 0.25) is 0 Å². The van der Waals surface area contributed by atoms with E-state index in [9.17, 15) is 0 Å². The minimum Gasteiger partial charge on any atom is -0.0622 e. The highest BCUT2D eigenvalue weighted by Crippen LogP contribution is 2.38. The fraction of sp³-hybridized carbons (Fsp3) is 0.0435. The van der Waals surface area contributed by atoms with Crippen LogP contribution in [0.25, 0.3) is 33.0 Å². The van der Waals surface area contributed by atoms with E-state index in [4.69, 9.17) is 0 Å². The number of rotatable bonds is 2. The van der Waals surface area contributed by atoms with Crippen LogP contribution in [0.1, 0.15) is 5.56 Å². The molecule has 0 fully saturated rings. The fourth-order valence-corrected chi connectivity index (χ4v) is 3.21. The number of aryl methyl sites for hydroxylation is 1. The van der Waals surface area contributed by atoms with Gasteiger partial charge in [0, 0.05) is 0 Å². The van der Waals surface area contributed by atoms with Gasteiger partial charge in [0.15, 0.2) is 0 Å². The van der Waals surface area contributed by atoms with Gasteiger partial charge >= 0.3 is 0 Å². The van der Waals surface area contributed by atoms with E-state index in [1.807, 2.05) is 12.1 Å². The first-order valence-electron chi connectivity index (χ1n) is 7.89. The largest absolute Gasteiger partial charge is 0.0622 e. The lowest BCUT2D eigenvalue weighted by atomic mass is 9.89. The first kappa shape index (κ1) is 13.8. The van der Waals surface area contributed by atoms with Crippen molar-refractivity contribution < 1.29 is 0 Å². The van der Waals surface area contributed by atoms with E-state index in [0.29, 0.717) is 0 Å². The van der Waals surface area contributed by atoms with Gasteiger partial charge in [-0.25, -0.2) is 0 Å². The topological polar surface area (TPSA) is 0 Å². The maximum atomic E-state index is 3.41. The summed E-state index contributed by atoms with van der Waals surface area (Å²) in [5, 5.41) is 2.59. The van der Waals surface area contributed by atoms with E-state index in [-0.39, 0.29) is 0 Å². The highest BCUT2D eigenvalue weighted by Gasteiger charge is 2.12. The molecule has 0 heteroatoms. The maximum absolute atomic E-state index is 3.41. The molecule has 4 aromatic rings. The van der Waals surface area contributed by atoms with Gasteiger partial charge in [0.05, 0.1) is 0 Å². The summed E-state index contributed by atoms with van der Waals surface area (Å²) in [6.45, 7) is 2.17. The summed E-state index contributed by atoms with van der Waals surface area (Å²) in [5.41, 5.74) is 6.20. The number of hydrogen-bond acceptors (Lipinski definition) is 0. The van der Waals surface area contributed by atoms with E-state index in [1.165, 1.54) is 33.0 Å². The van der Waals surface area contributed by atoms with Crippen molar-refractivity contribution in [3.05, 3.63) is 96.6 Å². The molecule has 0 spiro atoms. The average molecular weight is 293 g/mol. The number of benzene rings is 4. The Kier molecular flexibility index (Phi) is 3.44. The molecule has 0 nitrogen and oxygen atoms in total. The van der Waals surface area contributed by atoms with E-state index in [2.05, 4.69) is 85.8 Å². The van der Waals surface area contributed by atoms with Crippen LogP contribution in [0, 0.1) is 13.0 Å². The molecule has 0 saturated carbocycles. The van der Waals surface area contributed by atoms with E-state index < -0.39 is 0 Å². The zero-order valence-corrected chi connectivity index (χ0v) is 13.1. The van der Waals surface area contributed by atoms with Gasteiger partial charge in [-0.05, 0) is 51.6 Å². The molecule has 0 aromatic heterocycles. The van der Waals surface area contributed by atoms with Gasteiger partial charge in [0.25, 0.3) is 0 Å². The van der Waals surface area contributed by atoms with E-state index >= 15 is 0 Å². The molecule has 0 N–H and O–H groups in total. The van der Waals surface area contributed by atoms with Crippen LogP contribution >= 0.6 is 0 Å². The summed E-state index contributed by atoms with van der Waals surface area (Å²) in [4.78, 5) is 0. The Balaban J connectivity index is 2.12. The molecule has 1 radical (unpaired) electrons. The second-order valence-electron chi connectivity index (χ2n) is 5.80. The van der Waals surface area contributed by atoms with Crippen molar-refractivity contribution in [3.8, 4) is 22.3 Å². The molecule has 109 valence electrons. The molecule has 4 rings (SSSR count). The lowest BCUT2D eigenvalue weighted by Gasteiger charge is -2.15. The van der Waals surface area contributed by atoms with Crippen molar-refractivity contribution in [1.29, 1.82) is 0 Å². The second-order valence-corrected chi connectivity index (χ2v) is 5.80. The predicted octanol–water partition coefficient (Wildman–Crippen LogP) is 6.28. The first-order chi connectivity index (χ1) is 11.3. The zero-order chi connectivity index (χ0) is 15.6. The average Bonchev–Trinajstić information content (AvgIpc) is 2.62. The predicted molar refractivity (Wildman–Crippen MR) is 98.4 cm³/mol. The van der Waals surface area contributed by atoms with Crippen LogP contribution in [0.15, 0.2) is 84.9 Å². The molecule has 0 bridgehead atoms. The fourth-order valence-electron chi connectivity index (χ4n) is 3.21. The Morgan fingerprint density at radius 2 is 1.48 bits per heavy atom. The molecule has 0 aliphatic rings. The smallest absolute Gasteiger partial charge is 0.00205 e. The lowest BCUT2D eigenvalue weighted by Crippen LogP contribution is -1.89. The summed E-state index contributed by atoms with van der Waals surface area (Å²) in [6, 6.07) is 33.2. The third kappa shape index (κ3) is 2.43. The Morgan fingerprint density at radius 3 is 2.26 bits per heavy atom.